The standard InChI is InChI=1S/C17H17NO3S/c1-22(20,21)14-9-6-13(7-10-14)17(19)18-16-11-8-12-4-2-3-5-15(12)16/h2-7,9-10,16H,8,11H2,1H3,(H,18,19)/t16-/m1/s1. The van der Waals surface area contributed by atoms with Crippen LogP contribution in [-0.2, 0) is 16.3 Å². The minimum Gasteiger partial charge on any atom is -0.345 e. The van der Waals surface area contributed by atoms with E-state index in [-0.39, 0.29) is 16.8 Å². The summed E-state index contributed by atoms with van der Waals surface area (Å²) in [5, 5.41) is 3.02. The van der Waals surface area contributed by atoms with Gasteiger partial charge in [-0.15, -0.1) is 0 Å². The molecular formula is C17H17NO3S. The summed E-state index contributed by atoms with van der Waals surface area (Å²) in [4.78, 5) is 12.5. The maximum atomic E-state index is 12.3. The molecule has 1 aliphatic rings. The van der Waals surface area contributed by atoms with Gasteiger partial charge in [0.25, 0.3) is 5.91 Å². The zero-order chi connectivity index (χ0) is 15.7. The second kappa shape index (κ2) is 5.57. The van der Waals surface area contributed by atoms with E-state index in [9.17, 15) is 13.2 Å². The second-order valence-electron chi connectivity index (χ2n) is 5.56. The molecule has 0 aliphatic heterocycles. The number of benzene rings is 2. The molecule has 3 rings (SSSR count). The highest BCUT2D eigenvalue weighted by Crippen LogP contribution is 2.30. The van der Waals surface area contributed by atoms with Crippen molar-refractivity contribution < 1.29 is 13.2 Å². The fourth-order valence-corrected chi connectivity index (χ4v) is 3.43. The van der Waals surface area contributed by atoms with Gasteiger partial charge in [0.1, 0.15) is 0 Å². The molecule has 2 aromatic rings. The van der Waals surface area contributed by atoms with Gasteiger partial charge < -0.3 is 5.32 Å². The molecule has 0 heterocycles. The van der Waals surface area contributed by atoms with Crippen LogP contribution in [0.3, 0.4) is 0 Å². The molecular weight excluding hydrogens is 298 g/mol. The molecule has 114 valence electrons. The van der Waals surface area contributed by atoms with Crippen LogP contribution in [-0.4, -0.2) is 20.6 Å². The Labute approximate surface area is 130 Å². The van der Waals surface area contributed by atoms with Gasteiger partial charge in [0.15, 0.2) is 9.84 Å². The van der Waals surface area contributed by atoms with Gasteiger partial charge in [0.05, 0.1) is 10.9 Å². The van der Waals surface area contributed by atoms with Gasteiger partial charge in [-0.1, -0.05) is 24.3 Å². The van der Waals surface area contributed by atoms with Crippen LogP contribution in [0.4, 0.5) is 0 Å². The van der Waals surface area contributed by atoms with E-state index in [1.54, 1.807) is 12.1 Å². The lowest BCUT2D eigenvalue weighted by atomic mass is 10.1. The summed E-state index contributed by atoms with van der Waals surface area (Å²) in [5.74, 6) is -0.179. The van der Waals surface area contributed by atoms with Gasteiger partial charge in [-0.2, -0.15) is 0 Å². The molecule has 1 N–H and O–H groups in total. The predicted octanol–water partition coefficient (Wildman–Crippen LogP) is 2.51. The Morgan fingerprint density at radius 1 is 1.09 bits per heavy atom. The van der Waals surface area contributed by atoms with E-state index in [0.717, 1.165) is 19.1 Å². The van der Waals surface area contributed by atoms with Crippen molar-refractivity contribution in [3.63, 3.8) is 0 Å². The molecule has 0 bridgehead atoms. The van der Waals surface area contributed by atoms with E-state index in [4.69, 9.17) is 0 Å². The summed E-state index contributed by atoms with van der Waals surface area (Å²) in [6.45, 7) is 0. The van der Waals surface area contributed by atoms with E-state index in [0.29, 0.717) is 5.56 Å². The summed E-state index contributed by atoms with van der Waals surface area (Å²) in [6, 6.07) is 14.2. The number of rotatable bonds is 3. The highest BCUT2D eigenvalue weighted by atomic mass is 32.2. The summed E-state index contributed by atoms with van der Waals surface area (Å²) >= 11 is 0. The Kier molecular flexibility index (Phi) is 3.74. The van der Waals surface area contributed by atoms with Crippen LogP contribution in [0.2, 0.25) is 0 Å². The number of sulfone groups is 1. The highest BCUT2D eigenvalue weighted by Gasteiger charge is 2.23. The number of nitrogens with one attached hydrogen (secondary N) is 1. The van der Waals surface area contributed by atoms with Crippen LogP contribution in [0.5, 0.6) is 0 Å². The van der Waals surface area contributed by atoms with Crippen molar-refractivity contribution in [2.75, 3.05) is 6.26 Å². The fourth-order valence-electron chi connectivity index (χ4n) is 2.80. The first-order chi connectivity index (χ1) is 10.4. The average molecular weight is 315 g/mol. The first-order valence-electron chi connectivity index (χ1n) is 7.14. The van der Waals surface area contributed by atoms with Crippen molar-refractivity contribution in [3.8, 4) is 0 Å². The molecule has 1 amide bonds. The molecule has 0 fully saturated rings. The third-order valence-electron chi connectivity index (χ3n) is 3.98. The van der Waals surface area contributed by atoms with Gasteiger partial charge in [-0.05, 0) is 48.2 Å². The maximum Gasteiger partial charge on any atom is 0.251 e. The van der Waals surface area contributed by atoms with E-state index in [1.165, 1.54) is 23.3 Å². The van der Waals surface area contributed by atoms with Crippen molar-refractivity contribution in [1.29, 1.82) is 0 Å². The van der Waals surface area contributed by atoms with Crippen LogP contribution in [0.25, 0.3) is 0 Å². The highest BCUT2D eigenvalue weighted by molar-refractivity contribution is 7.90. The van der Waals surface area contributed by atoms with Gasteiger partial charge in [0.2, 0.25) is 0 Å². The molecule has 0 unspecified atom stereocenters. The summed E-state index contributed by atoms with van der Waals surface area (Å²) in [6.07, 6.45) is 3.01. The van der Waals surface area contributed by atoms with Gasteiger partial charge in [-0.25, -0.2) is 8.42 Å². The molecule has 0 aromatic heterocycles. The molecule has 0 radical (unpaired) electrons. The number of aryl methyl sites for hydroxylation is 1. The smallest absolute Gasteiger partial charge is 0.251 e. The minimum atomic E-state index is -3.24. The van der Waals surface area contributed by atoms with Crippen LogP contribution in [0.1, 0.15) is 33.9 Å². The van der Waals surface area contributed by atoms with E-state index < -0.39 is 9.84 Å². The topological polar surface area (TPSA) is 63.2 Å². The van der Waals surface area contributed by atoms with Gasteiger partial charge in [-0.3, -0.25) is 4.79 Å². The van der Waals surface area contributed by atoms with E-state index in [1.807, 2.05) is 18.2 Å². The van der Waals surface area contributed by atoms with E-state index >= 15 is 0 Å². The number of carbonyl (C=O) groups excluding carboxylic acids is 1. The fraction of sp³-hybridized carbons (Fsp3) is 0.235. The first-order valence-corrected chi connectivity index (χ1v) is 9.03. The summed E-state index contributed by atoms with van der Waals surface area (Å²) in [7, 11) is -3.24. The molecule has 22 heavy (non-hydrogen) atoms. The van der Waals surface area contributed by atoms with Crippen molar-refractivity contribution in [2.24, 2.45) is 0 Å². The quantitative estimate of drug-likeness (QED) is 0.946. The molecule has 1 atom stereocenters. The number of amides is 1. The molecule has 1 aliphatic carbocycles. The lowest BCUT2D eigenvalue weighted by Crippen LogP contribution is -2.27. The van der Waals surface area contributed by atoms with Crippen LogP contribution >= 0.6 is 0 Å². The third-order valence-corrected chi connectivity index (χ3v) is 5.11. The lowest BCUT2D eigenvalue weighted by Gasteiger charge is -2.14. The van der Waals surface area contributed by atoms with Crippen molar-refractivity contribution in [3.05, 3.63) is 65.2 Å². The average Bonchev–Trinajstić information content (AvgIpc) is 2.90. The second-order valence-corrected chi connectivity index (χ2v) is 7.58. The first kappa shape index (κ1) is 14.8. The predicted molar refractivity (Wildman–Crippen MR) is 84.5 cm³/mol. The summed E-state index contributed by atoms with van der Waals surface area (Å²) in [5.41, 5.74) is 2.92. The zero-order valence-corrected chi connectivity index (χ0v) is 13.1. The monoisotopic (exact) mass is 315 g/mol. The Bertz CT molecular complexity index is 810. The molecule has 0 saturated heterocycles. The number of hydrogen-bond acceptors (Lipinski definition) is 3. The van der Waals surface area contributed by atoms with Gasteiger partial charge >= 0.3 is 0 Å². The number of fused-ring (bicyclic) bond motifs is 1. The Hall–Kier alpha value is -2.14. The van der Waals surface area contributed by atoms with Crippen molar-refractivity contribution in [2.45, 2.75) is 23.8 Å². The maximum absolute atomic E-state index is 12.3. The lowest BCUT2D eigenvalue weighted by molar-refractivity contribution is 0.0936. The van der Waals surface area contributed by atoms with Gasteiger partial charge in [0, 0.05) is 11.8 Å². The van der Waals surface area contributed by atoms with Crippen LogP contribution in [0, 0.1) is 0 Å². The van der Waals surface area contributed by atoms with Crippen LogP contribution < -0.4 is 5.32 Å². The Morgan fingerprint density at radius 2 is 1.77 bits per heavy atom. The number of carbonyl (C=O) groups is 1. The van der Waals surface area contributed by atoms with Crippen LogP contribution in [0.15, 0.2) is 53.4 Å². The van der Waals surface area contributed by atoms with Crippen molar-refractivity contribution >= 4 is 15.7 Å². The molecule has 2 aromatic carbocycles. The van der Waals surface area contributed by atoms with E-state index in [2.05, 4.69) is 11.4 Å². The van der Waals surface area contributed by atoms with Crippen molar-refractivity contribution in [1.82, 2.24) is 5.32 Å². The molecule has 0 spiro atoms. The Morgan fingerprint density at radius 3 is 2.45 bits per heavy atom. The number of hydrogen-bond donors (Lipinski definition) is 1. The normalized spacial score (nSPS) is 17.0. The molecule has 5 heteroatoms. The molecule has 0 saturated carbocycles. The largest absolute Gasteiger partial charge is 0.345 e. The SMILES string of the molecule is CS(=O)(=O)c1ccc(C(=O)N[C@@H]2CCc3ccccc32)cc1. The summed E-state index contributed by atoms with van der Waals surface area (Å²) < 4.78 is 22.9. The Balaban J connectivity index is 1.76. The minimum absolute atomic E-state index is 0.0262. The zero-order valence-electron chi connectivity index (χ0n) is 12.2. The molecule has 4 nitrogen and oxygen atoms in total. The third kappa shape index (κ3) is 2.90.